The van der Waals surface area contributed by atoms with E-state index >= 15 is 0 Å². The van der Waals surface area contributed by atoms with Gasteiger partial charge in [0.15, 0.2) is 5.55 Å². The fourth-order valence-electron chi connectivity index (χ4n) is 0.821. The molecular weight excluding hydrogens is 158 g/mol. The molecule has 2 rings (SSSR count). The van der Waals surface area contributed by atoms with Gasteiger partial charge in [-0.05, 0) is 12.1 Å². The summed E-state index contributed by atoms with van der Waals surface area (Å²) in [6, 6.07) is 5.76. The molecule has 0 aromatic carbocycles. The summed E-state index contributed by atoms with van der Waals surface area (Å²) >= 11 is 1.55. The molecule has 1 aromatic heterocycles. The van der Waals surface area contributed by atoms with Gasteiger partial charge in [-0.1, -0.05) is 17.8 Å². The summed E-state index contributed by atoms with van der Waals surface area (Å²) in [7, 11) is 0. The average Bonchev–Trinajstić information content (AvgIpc) is 2.58. The zero-order chi connectivity index (χ0) is 7.52. The molecule has 0 atom stereocenters. The van der Waals surface area contributed by atoms with Crippen LogP contribution in [-0.2, 0) is 0 Å². The van der Waals surface area contributed by atoms with Gasteiger partial charge in [0.2, 0.25) is 0 Å². The molecule has 0 saturated heterocycles. The van der Waals surface area contributed by atoms with Gasteiger partial charge in [-0.2, -0.15) is 5.10 Å². The molecule has 11 heavy (non-hydrogen) atoms. The lowest BCUT2D eigenvalue weighted by atomic mass is 10.5. The van der Waals surface area contributed by atoms with Crippen molar-refractivity contribution in [3.05, 3.63) is 24.4 Å². The fourth-order valence-corrected chi connectivity index (χ4v) is 1.35. The quantitative estimate of drug-likeness (QED) is 0.628. The second kappa shape index (κ2) is 2.92. The summed E-state index contributed by atoms with van der Waals surface area (Å²) in [6.45, 7) is 0. The van der Waals surface area contributed by atoms with E-state index in [9.17, 15) is 0 Å². The van der Waals surface area contributed by atoms with Gasteiger partial charge in [0, 0.05) is 6.20 Å². The zero-order valence-corrected chi connectivity index (χ0v) is 6.58. The van der Waals surface area contributed by atoms with Gasteiger partial charge in [-0.15, -0.1) is 0 Å². The molecule has 0 N–H and O–H groups in total. The third-order valence-electron chi connectivity index (χ3n) is 1.33. The van der Waals surface area contributed by atoms with E-state index in [1.54, 1.807) is 18.0 Å². The summed E-state index contributed by atoms with van der Waals surface area (Å²) in [5, 5.41) is 5.80. The standard InChI is InChI=1S/C7H6N3S/c1-2-4-8-7(3-1)10-6-11-5-9-10/h1-4H,6H2. The number of aromatic nitrogens is 1. The Labute approximate surface area is 69.1 Å². The average molecular weight is 164 g/mol. The largest absolute Gasteiger partial charge is 0.237 e. The Morgan fingerprint density at radius 2 is 2.55 bits per heavy atom. The van der Waals surface area contributed by atoms with E-state index in [0.29, 0.717) is 0 Å². The molecule has 0 amide bonds. The summed E-state index contributed by atoms with van der Waals surface area (Å²) in [5.74, 6) is 1.70. The van der Waals surface area contributed by atoms with E-state index < -0.39 is 0 Å². The van der Waals surface area contributed by atoms with Crippen molar-refractivity contribution in [3.8, 4) is 0 Å². The van der Waals surface area contributed by atoms with Crippen LogP contribution in [0.15, 0.2) is 29.5 Å². The Bertz CT molecular complexity index is 260. The second-order valence-electron chi connectivity index (χ2n) is 2.05. The summed E-state index contributed by atoms with van der Waals surface area (Å²) in [5.41, 5.74) is 2.80. The Hall–Kier alpha value is -1.03. The number of anilines is 1. The first-order valence-corrected chi connectivity index (χ1v) is 4.21. The van der Waals surface area contributed by atoms with Gasteiger partial charge >= 0.3 is 0 Å². The lowest BCUT2D eigenvalue weighted by molar-refractivity contribution is 0.974. The molecule has 1 radical (unpaired) electrons. The number of pyridine rings is 1. The summed E-state index contributed by atoms with van der Waals surface area (Å²) < 4.78 is 0. The van der Waals surface area contributed by atoms with Gasteiger partial charge in [-0.25, -0.2) is 9.99 Å². The fraction of sp³-hybridized carbons (Fsp3) is 0.143. The zero-order valence-electron chi connectivity index (χ0n) is 5.77. The molecule has 0 unspecified atom stereocenters. The maximum atomic E-state index is 4.14. The first-order valence-electron chi connectivity index (χ1n) is 3.23. The van der Waals surface area contributed by atoms with E-state index in [-0.39, 0.29) is 0 Å². The van der Waals surface area contributed by atoms with Crippen molar-refractivity contribution in [1.29, 1.82) is 0 Å². The minimum absolute atomic E-state index is 0.816. The predicted octanol–water partition coefficient (Wildman–Crippen LogP) is 1.41. The van der Waals surface area contributed by atoms with Crippen molar-refractivity contribution >= 4 is 23.1 Å². The summed E-state index contributed by atoms with van der Waals surface area (Å²) in [4.78, 5) is 4.14. The molecule has 0 bridgehead atoms. The highest BCUT2D eigenvalue weighted by Gasteiger charge is 2.08. The van der Waals surface area contributed by atoms with Gasteiger partial charge in [0.05, 0.1) is 5.88 Å². The Kier molecular flexibility index (Phi) is 1.77. The number of thioether (sulfide) groups is 1. The molecule has 55 valence electrons. The maximum absolute atomic E-state index is 4.14. The van der Waals surface area contributed by atoms with Gasteiger partial charge in [0.25, 0.3) is 0 Å². The maximum Gasteiger partial charge on any atom is 0.153 e. The molecular formula is C7H6N3S. The van der Waals surface area contributed by atoms with Crippen LogP contribution in [0.3, 0.4) is 0 Å². The lowest BCUT2D eigenvalue weighted by Gasteiger charge is -2.09. The van der Waals surface area contributed by atoms with Crippen LogP contribution in [0.5, 0.6) is 0 Å². The highest BCUT2D eigenvalue weighted by atomic mass is 32.2. The van der Waals surface area contributed by atoms with Crippen molar-refractivity contribution in [2.45, 2.75) is 0 Å². The number of rotatable bonds is 1. The van der Waals surface area contributed by atoms with E-state index in [2.05, 4.69) is 15.6 Å². The normalized spacial score (nSPS) is 15.8. The number of hydrogen-bond acceptors (Lipinski definition) is 4. The monoisotopic (exact) mass is 164 g/mol. The molecule has 0 fully saturated rings. The smallest absolute Gasteiger partial charge is 0.153 e. The summed E-state index contributed by atoms with van der Waals surface area (Å²) in [6.07, 6.45) is 1.76. The second-order valence-corrected chi connectivity index (χ2v) is 2.78. The molecule has 0 aliphatic carbocycles. The SMILES string of the molecule is [C]1=NN(c2ccccn2)CS1. The van der Waals surface area contributed by atoms with Crippen LogP contribution >= 0.6 is 11.8 Å². The molecule has 1 aromatic rings. The van der Waals surface area contributed by atoms with Gasteiger partial charge in [0.1, 0.15) is 5.82 Å². The van der Waals surface area contributed by atoms with E-state index in [4.69, 9.17) is 0 Å². The third kappa shape index (κ3) is 1.35. The topological polar surface area (TPSA) is 28.5 Å². The molecule has 3 nitrogen and oxygen atoms in total. The number of nitrogens with zero attached hydrogens (tertiary/aromatic N) is 3. The van der Waals surface area contributed by atoms with Gasteiger partial charge < -0.3 is 0 Å². The van der Waals surface area contributed by atoms with E-state index in [1.807, 2.05) is 23.2 Å². The first kappa shape index (κ1) is 6.67. The van der Waals surface area contributed by atoms with Crippen LogP contribution in [0.2, 0.25) is 0 Å². The van der Waals surface area contributed by atoms with Crippen molar-refractivity contribution in [2.24, 2.45) is 5.10 Å². The highest BCUT2D eigenvalue weighted by molar-refractivity contribution is 8.12. The van der Waals surface area contributed by atoms with Crippen molar-refractivity contribution in [3.63, 3.8) is 0 Å². The molecule has 1 aliphatic heterocycles. The Morgan fingerprint density at radius 3 is 3.18 bits per heavy atom. The van der Waals surface area contributed by atoms with Crippen LogP contribution in [-0.4, -0.2) is 16.4 Å². The van der Waals surface area contributed by atoms with Crippen molar-refractivity contribution in [2.75, 3.05) is 10.9 Å². The van der Waals surface area contributed by atoms with Crippen LogP contribution in [0, 0.1) is 0 Å². The number of hydrazone groups is 1. The van der Waals surface area contributed by atoms with Crippen LogP contribution < -0.4 is 5.01 Å². The van der Waals surface area contributed by atoms with E-state index in [1.165, 1.54) is 0 Å². The van der Waals surface area contributed by atoms with Crippen LogP contribution in [0.4, 0.5) is 5.82 Å². The van der Waals surface area contributed by atoms with Crippen molar-refractivity contribution < 1.29 is 0 Å². The number of hydrogen-bond donors (Lipinski definition) is 0. The molecule has 2 heterocycles. The third-order valence-corrected chi connectivity index (χ3v) is 1.91. The van der Waals surface area contributed by atoms with Crippen molar-refractivity contribution in [1.82, 2.24) is 4.98 Å². The molecule has 0 saturated carbocycles. The Balaban J connectivity index is 2.23. The molecule has 1 aliphatic rings. The minimum Gasteiger partial charge on any atom is -0.237 e. The molecule has 0 spiro atoms. The minimum atomic E-state index is 0.816. The Morgan fingerprint density at radius 1 is 1.55 bits per heavy atom. The van der Waals surface area contributed by atoms with E-state index in [0.717, 1.165) is 11.7 Å². The van der Waals surface area contributed by atoms with Crippen LogP contribution in [0.25, 0.3) is 0 Å². The molecule has 4 heteroatoms. The predicted molar refractivity (Wildman–Crippen MR) is 46.6 cm³/mol. The first-order chi connectivity index (χ1) is 5.47. The van der Waals surface area contributed by atoms with Gasteiger partial charge in [-0.3, -0.25) is 0 Å². The van der Waals surface area contributed by atoms with Crippen LogP contribution in [0.1, 0.15) is 0 Å². The highest BCUT2D eigenvalue weighted by Crippen LogP contribution is 2.17. The lowest BCUT2D eigenvalue weighted by Crippen LogP contribution is -2.11.